The van der Waals surface area contributed by atoms with Gasteiger partial charge in [0, 0.05) is 12.7 Å². The van der Waals surface area contributed by atoms with Gasteiger partial charge in [-0.3, -0.25) is 4.68 Å². The highest BCUT2D eigenvalue weighted by Crippen LogP contribution is 2.32. The molecular formula is C12H13N7. The summed E-state index contributed by atoms with van der Waals surface area (Å²) in [7, 11) is 0. The van der Waals surface area contributed by atoms with Crippen molar-refractivity contribution < 1.29 is 0 Å². The second kappa shape index (κ2) is 3.78. The van der Waals surface area contributed by atoms with Gasteiger partial charge in [-0.2, -0.15) is 5.10 Å². The third-order valence-electron chi connectivity index (χ3n) is 3.40. The maximum absolute atomic E-state index is 5.81. The summed E-state index contributed by atoms with van der Waals surface area (Å²) in [6.07, 6.45) is 5.79. The van der Waals surface area contributed by atoms with E-state index >= 15 is 0 Å². The van der Waals surface area contributed by atoms with Crippen LogP contribution in [0.1, 0.15) is 12.8 Å². The summed E-state index contributed by atoms with van der Waals surface area (Å²) in [4.78, 5) is 15.7. The lowest BCUT2D eigenvalue weighted by Gasteiger charge is -2.03. The maximum Gasteiger partial charge on any atom is 0.183 e. The van der Waals surface area contributed by atoms with Crippen LogP contribution in [0.3, 0.4) is 0 Å². The second-order valence-electron chi connectivity index (χ2n) is 4.88. The third-order valence-corrected chi connectivity index (χ3v) is 3.40. The van der Waals surface area contributed by atoms with Crippen molar-refractivity contribution in [1.29, 1.82) is 0 Å². The number of nitrogens with one attached hydrogen (secondary N) is 1. The standard InChI is InChI=1S/C12H13N7/c13-10-9-12(15-6-14-10)18-11(17-9)8-3-4-16-19(8)5-7-1-2-7/h3-4,6-7H,1-2,5H2,(H3,13,14,15,17,18). The molecule has 96 valence electrons. The number of H-pyrrole nitrogens is 1. The lowest BCUT2D eigenvalue weighted by atomic mass is 10.3. The van der Waals surface area contributed by atoms with Gasteiger partial charge in [0.2, 0.25) is 0 Å². The van der Waals surface area contributed by atoms with E-state index in [-0.39, 0.29) is 0 Å². The number of rotatable bonds is 3. The zero-order valence-electron chi connectivity index (χ0n) is 10.2. The predicted molar refractivity (Wildman–Crippen MR) is 70.0 cm³/mol. The Morgan fingerprint density at radius 3 is 3.05 bits per heavy atom. The molecule has 0 bridgehead atoms. The van der Waals surface area contributed by atoms with E-state index in [1.165, 1.54) is 19.2 Å². The molecule has 3 heterocycles. The summed E-state index contributed by atoms with van der Waals surface area (Å²) < 4.78 is 1.99. The first-order valence-electron chi connectivity index (χ1n) is 6.29. The maximum atomic E-state index is 5.81. The van der Waals surface area contributed by atoms with Crippen molar-refractivity contribution in [2.24, 2.45) is 5.92 Å². The minimum absolute atomic E-state index is 0.414. The number of imidazole rings is 1. The summed E-state index contributed by atoms with van der Waals surface area (Å²) in [6, 6.07) is 1.95. The Bertz CT molecular complexity index is 737. The molecule has 1 saturated carbocycles. The zero-order chi connectivity index (χ0) is 12.8. The lowest BCUT2D eigenvalue weighted by molar-refractivity contribution is 0.567. The smallest absolute Gasteiger partial charge is 0.183 e. The topological polar surface area (TPSA) is 98.3 Å². The summed E-state index contributed by atoms with van der Waals surface area (Å²) in [5.74, 6) is 1.91. The summed E-state index contributed by atoms with van der Waals surface area (Å²) in [5.41, 5.74) is 8.03. The molecular weight excluding hydrogens is 242 g/mol. The highest BCUT2D eigenvalue weighted by molar-refractivity contribution is 5.83. The quantitative estimate of drug-likeness (QED) is 0.733. The van der Waals surface area contributed by atoms with Crippen LogP contribution in [0.15, 0.2) is 18.6 Å². The van der Waals surface area contributed by atoms with Crippen LogP contribution in [0.2, 0.25) is 0 Å². The van der Waals surface area contributed by atoms with E-state index in [2.05, 4.69) is 25.0 Å². The van der Waals surface area contributed by atoms with Crippen molar-refractivity contribution in [3.8, 4) is 11.5 Å². The van der Waals surface area contributed by atoms with Gasteiger partial charge in [0.15, 0.2) is 17.3 Å². The zero-order valence-corrected chi connectivity index (χ0v) is 10.2. The summed E-state index contributed by atoms with van der Waals surface area (Å²) in [6.45, 7) is 0.945. The molecule has 0 aliphatic heterocycles. The van der Waals surface area contributed by atoms with E-state index in [0.29, 0.717) is 17.0 Å². The Hall–Kier alpha value is -2.44. The molecule has 4 rings (SSSR count). The number of nitrogens with two attached hydrogens (primary N) is 1. The first kappa shape index (κ1) is 10.5. The molecule has 3 N–H and O–H groups in total. The van der Waals surface area contributed by atoms with Crippen molar-refractivity contribution in [3.63, 3.8) is 0 Å². The van der Waals surface area contributed by atoms with Crippen molar-refractivity contribution in [2.75, 3.05) is 5.73 Å². The molecule has 3 aromatic rings. The molecule has 0 atom stereocenters. The average Bonchev–Trinajstić information content (AvgIpc) is 2.92. The molecule has 0 radical (unpaired) electrons. The molecule has 7 nitrogen and oxygen atoms in total. The molecule has 7 heteroatoms. The van der Waals surface area contributed by atoms with Gasteiger partial charge in [0.25, 0.3) is 0 Å². The van der Waals surface area contributed by atoms with Gasteiger partial charge < -0.3 is 10.7 Å². The van der Waals surface area contributed by atoms with Gasteiger partial charge in [-0.25, -0.2) is 15.0 Å². The van der Waals surface area contributed by atoms with Crippen LogP contribution >= 0.6 is 0 Å². The molecule has 1 aliphatic rings. The lowest BCUT2D eigenvalue weighted by Crippen LogP contribution is -2.04. The molecule has 0 unspecified atom stereocenters. The fourth-order valence-electron chi connectivity index (χ4n) is 2.19. The summed E-state index contributed by atoms with van der Waals surface area (Å²) >= 11 is 0. The highest BCUT2D eigenvalue weighted by atomic mass is 15.3. The molecule has 0 aromatic carbocycles. The number of hydrogen-bond donors (Lipinski definition) is 2. The average molecular weight is 255 g/mol. The number of anilines is 1. The van der Waals surface area contributed by atoms with Crippen LogP contribution in [0.5, 0.6) is 0 Å². The van der Waals surface area contributed by atoms with Gasteiger partial charge in [0.05, 0.1) is 0 Å². The number of aromatic nitrogens is 6. The molecule has 3 aromatic heterocycles. The van der Waals surface area contributed by atoms with Crippen molar-refractivity contribution in [1.82, 2.24) is 29.7 Å². The van der Waals surface area contributed by atoms with E-state index in [9.17, 15) is 0 Å². The largest absolute Gasteiger partial charge is 0.382 e. The van der Waals surface area contributed by atoms with Crippen molar-refractivity contribution >= 4 is 17.0 Å². The molecule has 1 aliphatic carbocycles. The first-order chi connectivity index (χ1) is 9.31. The minimum atomic E-state index is 0.414. The number of aromatic amines is 1. The van der Waals surface area contributed by atoms with E-state index in [0.717, 1.165) is 24.0 Å². The Labute approximate surface area is 108 Å². The summed E-state index contributed by atoms with van der Waals surface area (Å²) in [5, 5.41) is 4.35. The van der Waals surface area contributed by atoms with Gasteiger partial charge >= 0.3 is 0 Å². The second-order valence-corrected chi connectivity index (χ2v) is 4.88. The van der Waals surface area contributed by atoms with E-state index in [4.69, 9.17) is 5.73 Å². The van der Waals surface area contributed by atoms with Crippen LogP contribution in [0, 0.1) is 5.92 Å². The SMILES string of the molecule is Nc1ncnc2nc(-c3ccnn3CC3CC3)[nH]c12. The van der Waals surface area contributed by atoms with Crippen LogP contribution in [0.4, 0.5) is 5.82 Å². The number of fused-ring (bicyclic) bond motifs is 1. The van der Waals surface area contributed by atoms with Crippen molar-refractivity contribution in [3.05, 3.63) is 18.6 Å². The van der Waals surface area contributed by atoms with E-state index in [1.807, 2.05) is 10.7 Å². The normalized spacial score (nSPS) is 15.2. The Morgan fingerprint density at radius 2 is 2.26 bits per heavy atom. The Kier molecular flexibility index (Phi) is 2.08. The molecule has 0 spiro atoms. The molecule has 0 saturated heterocycles. The van der Waals surface area contributed by atoms with Crippen LogP contribution in [0.25, 0.3) is 22.7 Å². The fourth-order valence-corrected chi connectivity index (χ4v) is 2.19. The molecule has 1 fully saturated rings. The molecule has 0 amide bonds. The Balaban J connectivity index is 1.81. The number of nitrogens with zero attached hydrogens (tertiary/aromatic N) is 5. The van der Waals surface area contributed by atoms with Crippen LogP contribution < -0.4 is 5.73 Å². The van der Waals surface area contributed by atoms with Crippen LogP contribution in [-0.2, 0) is 6.54 Å². The first-order valence-corrected chi connectivity index (χ1v) is 6.29. The molecule has 19 heavy (non-hydrogen) atoms. The van der Waals surface area contributed by atoms with Gasteiger partial charge in [-0.15, -0.1) is 0 Å². The van der Waals surface area contributed by atoms with Gasteiger partial charge in [-0.1, -0.05) is 0 Å². The third kappa shape index (κ3) is 1.74. The highest BCUT2D eigenvalue weighted by Gasteiger charge is 2.23. The Morgan fingerprint density at radius 1 is 1.37 bits per heavy atom. The van der Waals surface area contributed by atoms with Gasteiger partial charge in [-0.05, 0) is 24.8 Å². The number of hydrogen-bond acceptors (Lipinski definition) is 5. The van der Waals surface area contributed by atoms with E-state index < -0.39 is 0 Å². The minimum Gasteiger partial charge on any atom is -0.382 e. The van der Waals surface area contributed by atoms with E-state index in [1.54, 1.807) is 6.20 Å². The van der Waals surface area contributed by atoms with Crippen LogP contribution in [-0.4, -0.2) is 29.7 Å². The monoisotopic (exact) mass is 255 g/mol. The predicted octanol–water partition coefficient (Wildman–Crippen LogP) is 1.21. The van der Waals surface area contributed by atoms with Crippen molar-refractivity contribution in [2.45, 2.75) is 19.4 Å². The fraction of sp³-hybridized carbons (Fsp3) is 0.333. The van der Waals surface area contributed by atoms with Gasteiger partial charge in [0.1, 0.15) is 17.5 Å². The number of nitrogen functional groups attached to an aromatic ring is 1.